The van der Waals surface area contributed by atoms with Gasteiger partial charge in [-0.3, -0.25) is 9.59 Å². The first-order chi connectivity index (χ1) is 10.4. The van der Waals surface area contributed by atoms with E-state index in [-0.39, 0.29) is 11.4 Å². The van der Waals surface area contributed by atoms with E-state index in [1.807, 2.05) is 0 Å². The molecule has 2 N–H and O–H groups in total. The summed E-state index contributed by atoms with van der Waals surface area (Å²) in [5, 5.41) is 4.48. The zero-order valence-electron chi connectivity index (χ0n) is 11.2. The van der Waals surface area contributed by atoms with Crippen molar-refractivity contribution >= 4 is 23.2 Å². The topological polar surface area (TPSA) is 58.2 Å². The van der Waals surface area contributed by atoms with Crippen molar-refractivity contribution < 1.29 is 22.8 Å². The first-order valence-electron chi connectivity index (χ1n) is 6.24. The summed E-state index contributed by atoms with van der Waals surface area (Å²) >= 11 is 0. The van der Waals surface area contributed by atoms with E-state index in [4.69, 9.17) is 0 Å². The Labute approximate surface area is 124 Å². The van der Waals surface area contributed by atoms with Crippen molar-refractivity contribution in [2.45, 2.75) is 6.42 Å². The molecule has 7 heteroatoms. The Morgan fingerprint density at radius 3 is 2.23 bits per heavy atom. The smallest absolute Gasteiger partial charge is 0.233 e. The summed E-state index contributed by atoms with van der Waals surface area (Å²) in [6.07, 6.45) is -0.590. The summed E-state index contributed by atoms with van der Waals surface area (Å²) in [6.45, 7) is 0. The lowest BCUT2D eigenvalue weighted by Crippen LogP contribution is -2.21. The highest BCUT2D eigenvalue weighted by atomic mass is 19.1. The lowest BCUT2D eigenvalue weighted by atomic mass is 10.2. The number of rotatable bonds is 4. The molecule has 0 aliphatic carbocycles. The average molecular weight is 308 g/mol. The van der Waals surface area contributed by atoms with Crippen LogP contribution in [0, 0.1) is 17.5 Å². The second-order valence-corrected chi connectivity index (χ2v) is 4.41. The van der Waals surface area contributed by atoms with Gasteiger partial charge in [-0.15, -0.1) is 0 Å². The normalized spacial score (nSPS) is 10.1. The zero-order chi connectivity index (χ0) is 16.1. The molecule has 0 aliphatic rings. The largest absolute Gasteiger partial charge is 0.326 e. The van der Waals surface area contributed by atoms with E-state index in [9.17, 15) is 22.8 Å². The Kier molecular flexibility index (Phi) is 4.77. The SMILES string of the molecule is O=C(CC(=O)Nc1ccc(F)cc1F)Nc1cccc(F)c1. The molecular formula is C15H11F3N2O2. The van der Waals surface area contributed by atoms with Crippen molar-refractivity contribution in [1.82, 2.24) is 0 Å². The van der Waals surface area contributed by atoms with Crippen molar-refractivity contribution in [2.24, 2.45) is 0 Å². The fraction of sp³-hybridized carbons (Fsp3) is 0.0667. The second kappa shape index (κ2) is 6.75. The van der Waals surface area contributed by atoms with Gasteiger partial charge in [-0.25, -0.2) is 13.2 Å². The van der Waals surface area contributed by atoms with E-state index >= 15 is 0 Å². The van der Waals surface area contributed by atoms with Crippen molar-refractivity contribution in [3.63, 3.8) is 0 Å². The van der Waals surface area contributed by atoms with E-state index in [2.05, 4.69) is 10.6 Å². The Hall–Kier alpha value is -2.83. The molecule has 0 bridgehead atoms. The molecular weight excluding hydrogens is 297 g/mol. The van der Waals surface area contributed by atoms with Gasteiger partial charge in [0.15, 0.2) is 0 Å². The number of nitrogens with one attached hydrogen (secondary N) is 2. The third-order valence-electron chi connectivity index (χ3n) is 2.63. The molecule has 0 heterocycles. The van der Waals surface area contributed by atoms with Gasteiger partial charge in [0, 0.05) is 11.8 Å². The number of carbonyl (C=O) groups is 2. The number of benzene rings is 2. The van der Waals surface area contributed by atoms with Crippen LogP contribution in [0.4, 0.5) is 24.5 Å². The number of amides is 2. The lowest BCUT2D eigenvalue weighted by molar-refractivity contribution is -0.123. The van der Waals surface area contributed by atoms with Crippen LogP contribution >= 0.6 is 0 Å². The van der Waals surface area contributed by atoms with Crippen LogP contribution in [0.2, 0.25) is 0 Å². The second-order valence-electron chi connectivity index (χ2n) is 4.41. The lowest BCUT2D eigenvalue weighted by Gasteiger charge is -2.07. The molecule has 0 saturated carbocycles. The maximum atomic E-state index is 13.3. The summed E-state index contributed by atoms with van der Waals surface area (Å²) in [7, 11) is 0. The summed E-state index contributed by atoms with van der Waals surface area (Å²) in [4.78, 5) is 23.2. The predicted octanol–water partition coefficient (Wildman–Crippen LogP) is 3.07. The molecule has 0 aliphatic heterocycles. The van der Waals surface area contributed by atoms with Gasteiger partial charge in [0.05, 0.1) is 5.69 Å². The average Bonchev–Trinajstić information content (AvgIpc) is 2.41. The van der Waals surface area contributed by atoms with Crippen LogP contribution in [0.5, 0.6) is 0 Å². The van der Waals surface area contributed by atoms with Crippen LogP contribution in [0.1, 0.15) is 6.42 Å². The molecule has 22 heavy (non-hydrogen) atoms. The quantitative estimate of drug-likeness (QED) is 0.853. The van der Waals surface area contributed by atoms with Gasteiger partial charge in [-0.1, -0.05) is 6.07 Å². The molecule has 4 nitrogen and oxygen atoms in total. The monoisotopic (exact) mass is 308 g/mol. The molecule has 0 unspecified atom stereocenters. The molecule has 2 aromatic carbocycles. The third kappa shape index (κ3) is 4.34. The van der Waals surface area contributed by atoms with Crippen LogP contribution in [-0.2, 0) is 9.59 Å². The molecule has 0 fully saturated rings. The van der Waals surface area contributed by atoms with Crippen LogP contribution in [0.15, 0.2) is 42.5 Å². The number of carbonyl (C=O) groups excluding carboxylic acids is 2. The molecule has 2 aromatic rings. The van der Waals surface area contributed by atoms with Gasteiger partial charge in [0.25, 0.3) is 0 Å². The van der Waals surface area contributed by atoms with Crippen LogP contribution < -0.4 is 10.6 Å². The third-order valence-corrected chi connectivity index (χ3v) is 2.63. The van der Waals surface area contributed by atoms with Crippen molar-refractivity contribution in [3.05, 3.63) is 59.9 Å². The van der Waals surface area contributed by atoms with Crippen LogP contribution in [0.25, 0.3) is 0 Å². The Morgan fingerprint density at radius 2 is 1.55 bits per heavy atom. The Balaban J connectivity index is 1.92. The molecule has 0 spiro atoms. The van der Waals surface area contributed by atoms with Gasteiger partial charge < -0.3 is 10.6 Å². The summed E-state index contributed by atoms with van der Waals surface area (Å²) < 4.78 is 39.0. The van der Waals surface area contributed by atoms with Crippen molar-refractivity contribution in [1.29, 1.82) is 0 Å². The zero-order valence-corrected chi connectivity index (χ0v) is 11.2. The highest BCUT2D eigenvalue weighted by molar-refractivity contribution is 6.08. The minimum atomic E-state index is -0.945. The standard InChI is InChI=1S/C15H11F3N2O2/c16-9-2-1-3-11(6-9)19-14(21)8-15(22)20-13-5-4-10(17)7-12(13)18/h1-7H,8H2,(H,19,21)(H,20,22). The highest BCUT2D eigenvalue weighted by Crippen LogP contribution is 2.15. The minimum Gasteiger partial charge on any atom is -0.326 e. The van der Waals surface area contributed by atoms with Crippen LogP contribution in [0.3, 0.4) is 0 Å². The van der Waals surface area contributed by atoms with Crippen LogP contribution in [-0.4, -0.2) is 11.8 Å². The summed E-state index contributed by atoms with van der Waals surface area (Å²) in [5.74, 6) is -3.72. The fourth-order valence-corrected chi connectivity index (χ4v) is 1.70. The highest BCUT2D eigenvalue weighted by Gasteiger charge is 2.12. The molecule has 0 aromatic heterocycles. The molecule has 2 amide bonds. The molecule has 2 rings (SSSR count). The summed E-state index contributed by atoms with van der Waals surface area (Å²) in [6, 6.07) is 7.80. The molecule has 0 atom stereocenters. The van der Waals surface area contributed by atoms with E-state index in [1.54, 1.807) is 0 Å². The Morgan fingerprint density at radius 1 is 0.864 bits per heavy atom. The van der Waals surface area contributed by atoms with Gasteiger partial charge in [0.2, 0.25) is 11.8 Å². The van der Waals surface area contributed by atoms with E-state index < -0.39 is 35.7 Å². The minimum absolute atomic E-state index is 0.200. The maximum Gasteiger partial charge on any atom is 0.233 e. The number of hydrogen-bond donors (Lipinski definition) is 2. The summed E-state index contributed by atoms with van der Waals surface area (Å²) in [5.41, 5.74) is -0.0317. The first-order valence-corrected chi connectivity index (χ1v) is 6.24. The predicted molar refractivity (Wildman–Crippen MR) is 74.6 cm³/mol. The van der Waals surface area contributed by atoms with E-state index in [0.29, 0.717) is 6.07 Å². The maximum absolute atomic E-state index is 13.3. The molecule has 114 valence electrons. The first kappa shape index (κ1) is 15.6. The molecule has 0 saturated heterocycles. The van der Waals surface area contributed by atoms with Gasteiger partial charge in [0.1, 0.15) is 23.9 Å². The van der Waals surface area contributed by atoms with Crippen molar-refractivity contribution in [2.75, 3.05) is 10.6 Å². The number of halogens is 3. The van der Waals surface area contributed by atoms with Gasteiger partial charge >= 0.3 is 0 Å². The van der Waals surface area contributed by atoms with Crippen molar-refractivity contribution in [3.8, 4) is 0 Å². The number of hydrogen-bond acceptors (Lipinski definition) is 2. The van der Waals surface area contributed by atoms with Gasteiger partial charge in [-0.05, 0) is 30.3 Å². The Bertz CT molecular complexity index is 720. The van der Waals surface area contributed by atoms with E-state index in [1.165, 1.54) is 18.2 Å². The molecule has 0 radical (unpaired) electrons. The fourth-order valence-electron chi connectivity index (χ4n) is 1.70. The number of anilines is 2. The van der Waals surface area contributed by atoms with E-state index in [0.717, 1.165) is 18.2 Å². The van der Waals surface area contributed by atoms with Gasteiger partial charge in [-0.2, -0.15) is 0 Å².